The predicted molar refractivity (Wildman–Crippen MR) is 88.3 cm³/mol. The predicted octanol–water partition coefficient (Wildman–Crippen LogP) is 1.76. The van der Waals surface area contributed by atoms with E-state index in [2.05, 4.69) is 15.6 Å². The summed E-state index contributed by atoms with van der Waals surface area (Å²) in [6, 6.07) is 7.55. The van der Waals surface area contributed by atoms with E-state index in [0.717, 1.165) is 18.8 Å². The number of amides is 1. The zero-order valence-electron chi connectivity index (χ0n) is 13.2. The van der Waals surface area contributed by atoms with E-state index >= 15 is 0 Å². The molecule has 23 heavy (non-hydrogen) atoms. The van der Waals surface area contributed by atoms with Crippen LogP contribution in [0, 0.1) is 11.8 Å². The van der Waals surface area contributed by atoms with Gasteiger partial charge in [0.2, 0.25) is 5.91 Å². The Morgan fingerprint density at radius 3 is 3.00 bits per heavy atom. The lowest BCUT2D eigenvalue weighted by molar-refractivity contribution is -0.121. The maximum absolute atomic E-state index is 12.4. The second kappa shape index (κ2) is 7.28. The molecule has 1 aromatic carbocycles. The first-order chi connectivity index (χ1) is 11.2. The Labute approximate surface area is 135 Å². The molecule has 122 valence electrons. The van der Waals surface area contributed by atoms with Crippen LogP contribution in [0.4, 0.5) is 5.69 Å². The van der Waals surface area contributed by atoms with Gasteiger partial charge in [0.15, 0.2) is 0 Å². The largest absolute Gasteiger partial charge is 0.490 e. The molecular weight excluding hydrogens is 292 g/mol. The van der Waals surface area contributed by atoms with Crippen molar-refractivity contribution in [2.24, 2.45) is 11.8 Å². The molecule has 6 heteroatoms. The van der Waals surface area contributed by atoms with Crippen LogP contribution in [0.25, 0.3) is 0 Å². The lowest BCUT2D eigenvalue weighted by Gasteiger charge is -2.31. The molecule has 1 amide bonds. The summed E-state index contributed by atoms with van der Waals surface area (Å²) in [5, 5.41) is 6.19. The van der Waals surface area contributed by atoms with Crippen molar-refractivity contribution in [1.29, 1.82) is 0 Å². The number of benzene rings is 1. The number of aromatic nitrogens is 2. The average Bonchev–Trinajstić information content (AvgIpc) is 3.00. The van der Waals surface area contributed by atoms with Gasteiger partial charge in [0.25, 0.3) is 0 Å². The van der Waals surface area contributed by atoms with Crippen LogP contribution in [0.15, 0.2) is 43.0 Å². The van der Waals surface area contributed by atoms with E-state index in [0.29, 0.717) is 24.8 Å². The molecule has 0 radical (unpaired) electrons. The summed E-state index contributed by atoms with van der Waals surface area (Å²) < 4.78 is 7.77. The van der Waals surface area contributed by atoms with Crippen LogP contribution in [0.2, 0.25) is 0 Å². The van der Waals surface area contributed by atoms with Gasteiger partial charge in [-0.1, -0.05) is 19.1 Å². The molecule has 0 bridgehead atoms. The van der Waals surface area contributed by atoms with Crippen LogP contribution in [-0.2, 0) is 11.3 Å². The average molecular weight is 314 g/mol. The standard InChI is InChI=1S/C17H22N4O2/c1-13(14-10-19-11-14)17(22)20-15-4-2-3-5-16(15)23-9-8-21-7-6-18-12-21/h2-7,12-14,19H,8-11H2,1H3,(H,20,22). The van der Waals surface area contributed by atoms with Crippen LogP contribution in [0.5, 0.6) is 5.75 Å². The highest BCUT2D eigenvalue weighted by atomic mass is 16.5. The normalized spacial score (nSPS) is 15.7. The Hall–Kier alpha value is -2.34. The number of para-hydroxylation sites is 2. The lowest BCUT2D eigenvalue weighted by atomic mass is 9.88. The van der Waals surface area contributed by atoms with E-state index in [-0.39, 0.29) is 11.8 Å². The Morgan fingerprint density at radius 1 is 1.48 bits per heavy atom. The fourth-order valence-corrected chi connectivity index (χ4v) is 2.50. The minimum Gasteiger partial charge on any atom is -0.490 e. The molecule has 1 aromatic heterocycles. The van der Waals surface area contributed by atoms with Gasteiger partial charge in [-0.2, -0.15) is 0 Å². The molecule has 1 saturated heterocycles. The number of nitrogens with one attached hydrogen (secondary N) is 2. The number of nitrogens with zero attached hydrogens (tertiary/aromatic N) is 2. The smallest absolute Gasteiger partial charge is 0.227 e. The van der Waals surface area contributed by atoms with E-state index in [1.54, 1.807) is 12.5 Å². The Bertz CT molecular complexity index is 638. The summed E-state index contributed by atoms with van der Waals surface area (Å²) in [5.74, 6) is 1.15. The van der Waals surface area contributed by atoms with Gasteiger partial charge in [-0.3, -0.25) is 4.79 Å². The molecule has 1 unspecified atom stereocenters. The first-order valence-electron chi connectivity index (χ1n) is 7.93. The fourth-order valence-electron chi connectivity index (χ4n) is 2.50. The van der Waals surface area contributed by atoms with Gasteiger partial charge in [0.1, 0.15) is 12.4 Å². The molecule has 3 rings (SSSR count). The topological polar surface area (TPSA) is 68.2 Å². The van der Waals surface area contributed by atoms with Gasteiger partial charge in [-0.15, -0.1) is 0 Å². The summed E-state index contributed by atoms with van der Waals surface area (Å²) in [6.45, 7) is 5.04. The summed E-state index contributed by atoms with van der Waals surface area (Å²) in [4.78, 5) is 16.4. The zero-order valence-corrected chi connectivity index (χ0v) is 13.2. The monoisotopic (exact) mass is 314 g/mol. The highest BCUT2D eigenvalue weighted by Crippen LogP contribution is 2.26. The minimum atomic E-state index is -0.00439. The van der Waals surface area contributed by atoms with Crippen molar-refractivity contribution in [3.8, 4) is 5.75 Å². The molecule has 2 N–H and O–H groups in total. The Balaban J connectivity index is 1.57. The van der Waals surface area contributed by atoms with Gasteiger partial charge in [-0.25, -0.2) is 4.98 Å². The molecule has 2 aromatic rings. The van der Waals surface area contributed by atoms with E-state index in [1.165, 1.54) is 0 Å². The number of carbonyl (C=O) groups excluding carboxylic acids is 1. The third kappa shape index (κ3) is 3.90. The van der Waals surface area contributed by atoms with Crippen molar-refractivity contribution < 1.29 is 9.53 Å². The molecule has 0 spiro atoms. The quantitative estimate of drug-likeness (QED) is 0.817. The molecular formula is C17H22N4O2. The Morgan fingerprint density at radius 2 is 2.30 bits per heavy atom. The highest BCUT2D eigenvalue weighted by molar-refractivity contribution is 5.94. The molecule has 1 atom stereocenters. The number of hydrogen-bond donors (Lipinski definition) is 2. The molecule has 2 heterocycles. The number of rotatable bonds is 7. The van der Waals surface area contributed by atoms with Gasteiger partial charge in [0.05, 0.1) is 18.6 Å². The van der Waals surface area contributed by atoms with Gasteiger partial charge < -0.3 is 19.9 Å². The first kappa shape index (κ1) is 15.6. The van der Waals surface area contributed by atoms with Crippen molar-refractivity contribution in [2.75, 3.05) is 25.0 Å². The van der Waals surface area contributed by atoms with Crippen LogP contribution in [-0.4, -0.2) is 35.2 Å². The van der Waals surface area contributed by atoms with Gasteiger partial charge in [0, 0.05) is 18.3 Å². The second-order valence-electron chi connectivity index (χ2n) is 5.84. The number of hydrogen-bond acceptors (Lipinski definition) is 4. The number of ether oxygens (including phenoxy) is 1. The van der Waals surface area contributed by atoms with Crippen LogP contribution >= 0.6 is 0 Å². The summed E-state index contributed by atoms with van der Waals surface area (Å²) in [5.41, 5.74) is 0.724. The molecule has 6 nitrogen and oxygen atoms in total. The molecule has 0 saturated carbocycles. The summed E-state index contributed by atoms with van der Waals surface area (Å²) in [6.07, 6.45) is 5.39. The van der Waals surface area contributed by atoms with Crippen molar-refractivity contribution in [3.05, 3.63) is 43.0 Å². The van der Waals surface area contributed by atoms with Crippen molar-refractivity contribution in [2.45, 2.75) is 13.5 Å². The van der Waals surface area contributed by atoms with E-state index in [1.807, 2.05) is 42.0 Å². The third-order valence-corrected chi connectivity index (χ3v) is 4.24. The summed E-state index contributed by atoms with van der Waals surface area (Å²) in [7, 11) is 0. The lowest BCUT2D eigenvalue weighted by Crippen LogP contribution is -2.48. The maximum Gasteiger partial charge on any atom is 0.227 e. The number of imidazole rings is 1. The maximum atomic E-state index is 12.4. The van der Waals surface area contributed by atoms with Gasteiger partial charge >= 0.3 is 0 Å². The van der Waals surface area contributed by atoms with E-state index in [9.17, 15) is 4.79 Å². The highest BCUT2D eigenvalue weighted by Gasteiger charge is 2.29. The molecule has 1 aliphatic rings. The number of anilines is 1. The first-order valence-corrected chi connectivity index (χ1v) is 7.93. The van der Waals surface area contributed by atoms with Crippen molar-refractivity contribution >= 4 is 11.6 Å². The van der Waals surface area contributed by atoms with Crippen molar-refractivity contribution in [1.82, 2.24) is 14.9 Å². The SMILES string of the molecule is CC(C(=O)Nc1ccccc1OCCn1ccnc1)C1CNC1. The van der Waals surface area contributed by atoms with E-state index < -0.39 is 0 Å². The van der Waals surface area contributed by atoms with Crippen molar-refractivity contribution in [3.63, 3.8) is 0 Å². The zero-order chi connectivity index (χ0) is 16.1. The number of carbonyl (C=O) groups is 1. The van der Waals surface area contributed by atoms with E-state index in [4.69, 9.17) is 4.74 Å². The molecule has 1 fully saturated rings. The summed E-state index contributed by atoms with van der Waals surface area (Å²) >= 11 is 0. The third-order valence-electron chi connectivity index (χ3n) is 4.24. The van der Waals surface area contributed by atoms with Gasteiger partial charge in [-0.05, 0) is 31.1 Å². The second-order valence-corrected chi connectivity index (χ2v) is 5.84. The fraction of sp³-hybridized carbons (Fsp3) is 0.412. The Kier molecular flexibility index (Phi) is 4.92. The van der Waals surface area contributed by atoms with Crippen LogP contribution in [0.1, 0.15) is 6.92 Å². The van der Waals surface area contributed by atoms with Crippen LogP contribution < -0.4 is 15.4 Å². The molecule has 1 aliphatic heterocycles. The molecule has 0 aliphatic carbocycles. The van der Waals surface area contributed by atoms with Crippen LogP contribution in [0.3, 0.4) is 0 Å². The minimum absolute atomic E-state index is 0.00439.